The predicted molar refractivity (Wildman–Crippen MR) is 90.3 cm³/mol. The normalized spacial score (nSPS) is 13.5. The van der Waals surface area contributed by atoms with Crippen LogP contribution in [0.3, 0.4) is 0 Å². The van der Waals surface area contributed by atoms with E-state index >= 15 is 0 Å². The number of aliphatic hydroxyl groups is 1. The van der Waals surface area contributed by atoms with Crippen molar-refractivity contribution in [3.8, 4) is 0 Å². The van der Waals surface area contributed by atoms with Gasteiger partial charge in [0.05, 0.1) is 18.9 Å². The van der Waals surface area contributed by atoms with Crippen LogP contribution in [0, 0.1) is 0 Å². The first-order valence-electron chi connectivity index (χ1n) is 9.08. The van der Waals surface area contributed by atoms with Crippen molar-refractivity contribution in [2.24, 2.45) is 0 Å². The van der Waals surface area contributed by atoms with E-state index in [0.717, 1.165) is 19.3 Å². The standard InChI is InChI=1S/C18H34O5/c1-3-5-6-7-8-9-10-12-15(19)13-18(22)23-16(11-4-2)14-17(20)21/h15-16,19H,3-14H2,1-2H3,(H,20,21). The molecule has 0 aliphatic rings. The summed E-state index contributed by atoms with van der Waals surface area (Å²) in [5.41, 5.74) is 0. The highest BCUT2D eigenvalue weighted by atomic mass is 16.5. The molecule has 0 spiro atoms. The predicted octanol–water partition coefficient (Wildman–Crippen LogP) is 4.06. The van der Waals surface area contributed by atoms with E-state index in [9.17, 15) is 14.7 Å². The average Bonchev–Trinajstić information content (AvgIpc) is 2.45. The molecule has 0 aliphatic heterocycles. The largest absolute Gasteiger partial charge is 0.481 e. The zero-order valence-electron chi connectivity index (χ0n) is 14.8. The van der Waals surface area contributed by atoms with E-state index in [1.165, 1.54) is 32.1 Å². The molecule has 0 aromatic carbocycles. The van der Waals surface area contributed by atoms with Gasteiger partial charge in [0, 0.05) is 0 Å². The fourth-order valence-electron chi connectivity index (χ4n) is 2.58. The molecule has 0 radical (unpaired) electrons. The number of aliphatic hydroxyl groups excluding tert-OH is 1. The number of hydrogen-bond donors (Lipinski definition) is 2. The summed E-state index contributed by atoms with van der Waals surface area (Å²) < 4.78 is 5.16. The minimum atomic E-state index is -0.972. The highest BCUT2D eigenvalue weighted by Gasteiger charge is 2.19. The first-order valence-corrected chi connectivity index (χ1v) is 9.08. The van der Waals surface area contributed by atoms with Crippen LogP contribution in [0.5, 0.6) is 0 Å². The molecule has 0 aliphatic carbocycles. The van der Waals surface area contributed by atoms with E-state index in [4.69, 9.17) is 9.84 Å². The molecule has 0 saturated carbocycles. The monoisotopic (exact) mass is 330 g/mol. The van der Waals surface area contributed by atoms with Crippen LogP contribution in [0.1, 0.15) is 90.9 Å². The van der Waals surface area contributed by atoms with Gasteiger partial charge in [-0.3, -0.25) is 9.59 Å². The molecular weight excluding hydrogens is 296 g/mol. The first-order chi connectivity index (χ1) is 11.0. The Morgan fingerprint density at radius 1 is 0.870 bits per heavy atom. The second kappa shape index (κ2) is 14.5. The minimum Gasteiger partial charge on any atom is -0.481 e. The van der Waals surface area contributed by atoms with E-state index in [0.29, 0.717) is 12.8 Å². The summed E-state index contributed by atoms with van der Waals surface area (Å²) in [6, 6.07) is 0. The van der Waals surface area contributed by atoms with Crippen molar-refractivity contribution >= 4 is 11.9 Å². The molecule has 0 aromatic heterocycles. The number of aliphatic carboxylic acids is 1. The lowest BCUT2D eigenvalue weighted by Crippen LogP contribution is -2.24. The van der Waals surface area contributed by atoms with Crippen LogP contribution < -0.4 is 0 Å². The molecule has 2 atom stereocenters. The van der Waals surface area contributed by atoms with Gasteiger partial charge < -0.3 is 14.9 Å². The van der Waals surface area contributed by atoms with Crippen molar-refractivity contribution in [2.75, 3.05) is 0 Å². The molecule has 5 heteroatoms. The highest BCUT2D eigenvalue weighted by molar-refractivity contribution is 5.71. The Hall–Kier alpha value is -1.10. The maximum Gasteiger partial charge on any atom is 0.308 e. The van der Waals surface area contributed by atoms with Gasteiger partial charge in [-0.15, -0.1) is 0 Å². The maximum atomic E-state index is 11.8. The van der Waals surface area contributed by atoms with E-state index in [2.05, 4.69) is 6.92 Å². The van der Waals surface area contributed by atoms with Crippen LogP contribution in [0.25, 0.3) is 0 Å². The second-order valence-electron chi connectivity index (χ2n) is 6.27. The van der Waals surface area contributed by atoms with Crippen molar-refractivity contribution in [2.45, 2.75) is 103 Å². The Bertz CT molecular complexity index is 317. The second-order valence-corrected chi connectivity index (χ2v) is 6.27. The van der Waals surface area contributed by atoms with E-state index < -0.39 is 24.1 Å². The van der Waals surface area contributed by atoms with Crippen molar-refractivity contribution in [1.29, 1.82) is 0 Å². The Balaban J connectivity index is 3.80. The fourth-order valence-corrected chi connectivity index (χ4v) is 2.58. The molecule has 0 fully saturated rings. The van der Waals surface area contributed by atoms with Gasteiger partial charge in [0.25, 0.3) is 0 Å². The van der Waals surface area contributed by atoms with Crippen molar-refractivity contribution in [3.63, 3.8) is 0 Å². The third-order valence-electron chi connectivity index (χ3n) is 3.85. The number of hydrogen-bond acceptors (Lipinski definition) is 4. The quantitative estimate of drug-likeness (QED) is 0.349. The van der Waals surface area contributed by atoms with Crippen molar-refractivity contribution in [1.82, 2.24) is 0 Å². The number of unbranched alkanes of at least 4 members (excludes halogenated alkanes) is 6. The number of carbonyl (C=O) groups excluding carboxylic acids is 1. The molecule has 5 nitrogen and oxygen atoms in total. The van der Waals surface area contributed by atoms with Crippen LogP contribution in [0.4, 0.5) is 0 Å². The molecule has 0 aromatic rings. The van der Waals surface area contributed by atoms with Gasteiger partial charge in [0.15, 0.2) is 0 Å². The minimum absolute atomic E-state index is 0.0460. The SMILES string of the molecule is CCCCCCCCCC(O)CC(=O)OC(CCC)CC(=O)O. The molecule has 23 heavy (non-hydrogen) atoms. The lowest BCUT2D eigenvalue weighted by molar-refractivity contribution is -0.155. The Labute approximate surface area is 140 Å². The zero-order chi connectivity index (χ0) is 17.5. The smallest absolute Gasteiger partial charge is 0.308 e. The zero-order valence-corrected chi connectivity index (χ0v) is 14.8. The summed E-state index contributed by atoms with van der Waals surface area (Å²) in [5, 5.41) is 18.7. The van der Waals surface area contributed by atoms with Crippen LogP contribution in [-0.2, 0) is 14.3 Å². The summed E-state index contributed by atoms with van der Waals surface area (Å²) in [6.45, 7) is 4.11. The fraction of sp³-hybridized carbons (Fsp3) is 0.889. The number of carbonyl (C=O) groups is 2. The molecule has 0 heterocycles. The van der Waals surface area contributed by atoms with Gasteiger partial charge in [0.1, 0.15) is 6.10 Å². The maximum absolute atomic E-state index is 11.8. The summed E-state index contributed by atoms with van der Waals surface area (Å²) in [4.78, 5) is 22.5. The molecule has 0 rings (SSSR count). The Morgan fingerprint density at radius 2 is 1.48 bits per heavy atom. The summed E-state index contributed by atoms with van der Waals surface area (Å²) in [6.07, 6.45) is 8.58. The third-order valence-corrected chi connectivity index (χ3v) is 3.85. The topological polar surface area (TPSA) is 83.8 Å². The van der Waals surface area contributed by atoms with Crippen LogP contribution in [0.15, 0.2) is 0 Å². The molecule has 2 unspecified atom stereocenters. The van der Waals surface area contributed by atoms with E-state index in [1.54, 1.807) is 0 Å². The lowest BCUT2D eigenvalue weighted by Gasteiger charge is -2.17. The Morgan fingerprint density at radius 3 is 2.04 bits per heavy atom. The van der Waals surface area contributed by atoms with Gasteiger partial charge in [-0.1, -0.05) is 65.2 Å². The number of carboxylic acids is 1. The van der Waals surface area contributed by atoms with Gasteiger partial charge in [-0.25, -0.2) is 0 Å². The number of carboxylic acid groups (broad SMARTS) is 1. The summed E-state index contributed by atoms with van der Waals surface area (Å²) in [5.74, 6) is -1.47. The molecule has 0 bridgehead atoms. The molecular formula is C18H34O5. The number of ether oxygens (including phenoxy) is 1. The van der Waals surface area contributed by atoms with Crippen molar-refractivity contribution in [3.05, 3.63) is 0 Å². The van der Waals surface area contributed by atoms with Crippen LogP contribution in [-0.4, -0.2) is 34.4 Å². The highest BCUT2D eigenvalue weighted by Crippen LogP contribution is 2.13. The molecule has 0 amide bonds. The van der Waals surface area contributed by atoms with Crippen LogP contribution >= 0.6 is 0 Å². The summed E-state index contributed by atoms with van der Waals surface area (Å²) in [7, 11) is 0. The lowest BCUT2D eigenvalue weighted by atomic mass is 10.0. The Kier molecular flexibility index (Phi) is 13.8. The van der Waals surface area contributed by atoms with E-state index in [1.807, 2.05) is 6.92 Å². The number of rotatable bonds is 15. The van der Waals surface area contributed by atoms with Crippen molar-refractivity contribution < 1.29 is 24.5 Å². The van der Waals surface area contributed by atoms with Gasteiger partial charge in [-0.05, 0) is 12.8 Å². The third kappa shape index (κ3) is 14.2. The summed E-state index contributed by atoms with van der Waals surface area (Å²) >= 11 is 0. The first kappa shape index (κ1) is 21.9. The van der Waals surface area contributed by atoms with Crippen LogP contribution in [0.2, 0.25) is 0 Å². The molecule has 0 saturated heterocycles. The van der Waals surface area contributed by atoms with Gasteiger partial charge in [0.2, 0.25) is 0 Å². The van der Waals surface area contributed by atoms with Gasteiger partial charge in [-0.2, -0.15) is 0 Å². The average molecular weight is 330 g/mol. The number of esters is 1. The van der Waals surface area contributed by atoms with Gasteiger partial charge >= 0.3 is 11.9 Å². The van der Waals surface area contributed by atoms with E-state index in [-0.39, 0.29) is 12.8 Å². The molecule has 2 N–H and O–H groups in total. The molecule has 136 valence electrons.